The zero-order chi connectivity index (χ0) is 84.0. The number of hydrogen-bond acceptors (Lipinski definition) is 22. The van der Waals surface area contributed by atoms with Gasteiger partial charge in [-0.05, 0) is 195 Å². The van der Waals surface area contributed by atoms with Gasteiger partial charge in [0.15, 0.2) is 0 Å². The summed E-state index contributed by atoms with van der Waals surface area (Å²) in [6.07, 6.45) is 17.4. The van der Waals surface area contributed by atoms with E-state index in [1.165, 1.54) is 12.8 Å². The Balaban J connectivity index is 0.000000115. The summed E-state index contributed by atoms with van der Waals surface area (Å²) in [5.41, 5.74) is 22.1. The number of nitrogens with zero attached hydrogens (tertiary/aromatic N) is 23. The Morgan fingerprint density at radius 3 is 1.28 bits per heavy atom. The van der Waals surface area contributed by atoms with Crippen LogP contribution in [0.3, 0.4) is 0 Å². The van der Waals surface area contributed by atoms with Crippen molar-refractivity contribution in [1.82, 2.24) is 107 Å². The molecular weight excluding hydrogens is 1520 g/mol. The number of nitrogens with one attached hydrogen (secondary N) is 3. The topological polar surface area (TPSA) is 286 Å². The van der Waals surface area contributed by atoms with Crippen LogP contribution >= 0.6 is 0 Å². The van der Waals surface area contributed by atoms with E-state index in [2.05, 4.69) is 143 Å². The highest BCUT2D eigenvalue weighted by molar-refractivity contribution is 5.88. The maximum atomic E-state index is 13.0. The van der Waals surface area contributed by atoms with Gasteiger partial charge in [0.25, 0.3) is 22.2 Å². The second-order valence-corrected chi connectivity index (χ2v) is 32.6. The van der Waals surface area contributed by atoms with Crippen molar-refractivity contribution in [2.75, 3.05) is 124 Å². The summed E-state index contributed by atoms with van der Waals surface area (Å²) in [5.74, 6) is 1.30. The molecule has 16 aromatic rings. The molecule has 0 radical (unpaired) electrons. The highest BCUT2D eigenvalue weighted by Crippen LogP contribution is 2.32. The van der Waals surface area contributed by atoms with Crippen LogP contribution in [0.25, 0.3) is 101 Å². The van der Waals surface area contributed by atoms with Gasteiger partial charge in [0.2, 0.25) is 0 Å². The Morgan fingerprint density at radius 2 is 0.843 bits per heavy atom. The first-order chi connectivity index (χ1) is 58.5. The summed E-state index contributed by atoms with van der Waals surface area (Å²) in [7, 11) is 3.87. The summed E-state index contributed by atoms with van der Waals surface area (Å²) < 4.78 is 13.9. The minimum Gasteiger partial charge on any atom is -0.370 e. The average Bonchev–Trinajstić information content (AvgIpc) is 0.790. The van der Waals surface area contributed by atoms with E-state index in [-0.39, 0.29) is 22.2 Å². The van der Waals surface area contributed by atoms with E-state index in [1.54, 1.807) is 46.4 Å². The zero-order valence-electron chi connectivity index (χ0n) is 70.9. The van der Waals surface area contributed by atoms with Crippen LogP contribution in [-0.4, -0.2) is 202 Å². The van der Waals surface area contributed by atoms with Gasteiger partial charge in [-0.15, -0.1) is 0 Å². The van der Waals surface area contributed by atoms with Crippen LogP contribution < -0.4 is 57.8 Å². The summed E-state index contributed by atoms with van der Waals surface area (Å²) in [5, 5.41) is 30.3. The Morgan fingerprint density at radius 1 is 0.438 bits per heavy atom. The molecule has 14 aromatic heterocycles. The zero-order valence-corrected chi connectivity index (χ0v) is 70.9. The summed E-state index contributed by atoms with van der Waals surface area (Å²) in [6.45, 7) is 36.7. The number of piperazine rings is 2. The summed E-state index contributed by atoms with van der Waals surface area (Å²) >= 11 is 0. The highest BCUT2D eigenvalue weighted by atomic mass is 16.1. The van der Waals surface area contributed by atoms with Crippen LogP contribution in [0.1, 0.15) is 74.4 Å². The lowest BCUT2D eigenvalue weighted by Gasteiger charge is -2.33. The third-order valence-electron chi connectivity index (χ3n) is 23.9. The number of fused-ring (bicyclic) bond motifs is 8. The Bertz CT molecular complexity index is 6860. The van der Waals surface area contributed by atoms with Crippen molar-refractivity contribution in [3.05, 3.63) is 234 Å². The normalized spacial score (nSPS) is 16.4. The quantitative estimate of drug-likeness (QED) is 0.0860. The van der Waals surface area contributed by atoms with E-state index in [0.717, 1.165) is 205 Å². The van der Waals surface area contributed by atoms with Crippen molar-refractivity contribution >= 4 is 78.2 Å². The molecule has 0 saturated carbocycles. The lowest BCUT2D eigenvalue weighted by molar-refractivity contribution is 0.261. The van der Waals surface area contributed by atoms with E-state index in [0.29, 0.717) is 74.6 Å². The fourth-order valence-corrected chi connectivity index (χ4v) is 17.6. The molecule has 30 heteroatoms. The standard InChI is InChI=1S/C25H31N7O.C23H27N7O.C22H24N6O.C21H22N6O/c1-5-29(6-2)14-19-9-10-30(15-19)20-7-8-24-27-21(12-25(33)31(24)16-20)22-11-23-18(4)26-17(3)13-32(23)28-22;1-4-24-11-17-7-8-28(13-17)18-5-6-22-26-19(10-23(31)29(22)14-18)20-9-21-16(3)25-15(2)12-30(21)27-20;1-14-8-16(9-17-11-24-26(3)22(14)17)19-10-21(29)28-13-18(4-5-20(28)25-19)27-7-6-23-15(2)12-27;1-14-9-15(10-16-12-23-25(2)21(14)16)18-11-20(28)27-13-17(3-4-19(27)24-18)26-7-5-22-6-8-26/h7-8,11-13,16,19H,5-6,9-10,14-15H2,1-4H3;5-6,9-10,12,14,17,24H,4,7-8,11,13H2,1-3H3;4-5,8-11,13,15,23H,6-7,12H2,1-3H3;3-4,9-13,22H,5-8H2,1-2H3/t19-;17-;15-;/m000./s1. The largest absolute Gasteiger partial charge is 0.370 e. The van der Waals surface area contributed by atoms with Gasteiger partial charge in [-0.2, -0.15) is 20.4 Å². The molecule has 0 bridgehead atoms. The molecular formula is C91H104N26O4. The molecule has 4 fully saturated rings. The van der Waals surface area contributed by atoms with Crippen LogP contribution in [0.5, 0.6) is 0 Å². The van der Waals surface area contributed by atoms with Crippen molar-refractivity contribution in [3.8, 4) is 45.3 Å². The van der Waals surface area contributed by atoms with Gasteiger partial charge in [-0.3, -0.25) is 56.1 Å². The minimum absolute atomic E-state index is 0.0686. The van der Waals surface area contributed by atoms with Crippen molar-refractivity contribution < 1.29 is 0 Å². The summed E-state index contributed by atoms with van der Waals surface area (Å²) in [4.78, 5) is 91.5. The maximum absolute atomic E-state index is 13.0. The highest BCUT2D eigenvalue weighted by Gasteiger charge is 2.27. The molecule has 622 valence electrons. The molecule has 4 saturated heterocycles. The monoisotopic (exact) mass is 1620 g/mol. The fourth-order valence-electron chi connectivity index (χ4n) is 17.6. The van der Waals surface area contributed by atoms with Gasteiger partial charge in [-0.25, -0.2) is 29.0 Å². The molecule has 0 amide bonds. The van der Waals surface area contributed by atoms with Gasteiger partial charge in [-0.1, -0.05) is 20.8 Å². The molecule has 18 heterocycles. The first-order valence-corrected chi connectivity index (χ1v) is 42.1. The SMILES string of the molecule is CCN(CC)C[C@@H]1CCN(c2ccc3nc(-c4cc5c(C)nc(C)cn5n4)cc(=O)n3c2)C1.CCNC[C@@H]1CCN(c2ccc3nc(-c4cc5c(C)nc(C)cn5n4)cc(=O)n3c2)C1.Cc1cc(-c2cc(=O)n3cc(N4CCNCC4)ccc3n2)cc2cnn(C)c12.Cc1cc(-c2cc(=O)n3cc(N4CCN[C@@H](C)C4)ccc3n2)cc2cnn(C)c12. The molecule has 2 aromatic carbocycles. The molecule has 0 unspecified atom stereocenters. The van der Waals surface area contributed by atoms with Gasteiger partial charge in [0, 0.05) is 170 Å². The molecule has 4 aliphatic heterocycles. The second-order valence-electron chi connectivity index (χ2n) is 32.6. The molecule has 3 atom stereocenters. The van der Waals surface area contributed by atoms with Crippen molar-refractivity contribution in [2.24, 2.45) is 25.9 Å². The van der Waals surface area contributed by atoms with Crippen molar-refractivity contribution in [3.63, 3.8) is 0 Å². The maximum Gasteiger partial charge on any atom is 0.258 e. The number of benzene rings is 2. The smallest absolute Gasteiger partial charge is 0.258 e. The van der Waals surface area contributed by atoms with Gasteiger partial charge in [0.05, 0.1) is 115 Å². The van der Waals surface area contributed by atoms with Crippen LogP contribution in [0.2, 0.25) is 0 Å². The molecule has 30 nitrogen and oxygen atoms in total. The third-order valence-corrected chi connectivity index (χ3v) is 23.9. The summed E-state index contributed by atoms with van der Waals surface area (Å²) in [6, 6.07) is 34.9. The predicted octanol–water partition coefficient (Wildman–Crippen LogP) is 9.97. The number of hydrogen-bond donors (Lipinski definition) is 3. The molecule has 121 heavy (non-hydrogen) atoms. The van der Waals surface area contributed by atoms with E-state index < -0.39 is 0 Å². The minimum atomic E-state index is -0.103. The van der Waals surface area contributed by atoms with Crippen LogP contribution in [-0.2, 0) is 14.1 Å². The van der Waals surface area contributed by atoms with Crippen LogP contribution in [0.4, 0.5) is 22.7 Å². The van der Waals surface area contributed by atoms with Crippen LogP contribution in [0.15, 0.2) is 178 Å². The number of rotatable bonds is 15. The van der Waals surface area contributed by atoms with Crippen molar-refractivity contribution in [1.29, 1.82) is 0 Å². The fraction of sp³-hybridized carbons (Fsp3) is 0.363. The number of pyridine rings is 4. The molecule has 0 aliphatic carbocycles. The Labute approximate surface area is 699 Å². The molecule has 0 spiro atoms. The molecule has 3 N–H and O–H groups in total. The van der Waals surface area contributed by atoms with Crippen LogP contribution in [0, 0.1) is 53.4 Å². The number of aromatic nitrogens is 18. The first-order valence-electron chi connectivity index (χ1n) is 42.1. The van der Waals surface area contributed by atoms with Gasteiger partial charge in [0.1, 0.15) is 34.0 Å². The average molecular weight is 1630 g/mol. The lowest BCUT2D eigenvalue weighted by atomic mass is 10.0. The lowest BCUT2D eigenvalue weighted by Crippen LogP contribution is -2.49. The van der Waals surface area contributed by atoms with Crippen molar-refractivity contribution in [2.45, 2.75) is 88.1 Å². The Kier molecular flexibility index (Phi) is 22.7. The molecule has 4 aliphatic rings. The van der Waals surface area contributed by atoms with Gasteiger partial charge < -0.3 is 40.4 Å². The Hall–Kier alpha value is -12.9. The number of anilines is 4. The predicted molar refractivity (Wildman–Crippen MR) is 479 cm³/mol. The number of aryl methyl sites for hydroxylation is 8. The van der Waals surface area contributed by atoms with E-state index in [9.17, 15) is 19.2 Å². The van der Waals surface area contributed by atoms with E-state index in [4.69, 9.17) is 19.9 Å². The van der Waals surface area contributed by atoms with E-state index in [1.807, 2.05) is 160 Å². The first kappa shape index (κ1) is 80.5. The van der Waals surface area contributed by atoms with Gasteiger partial charge >= 0.3 is 0 Å². The molecule has 20 rings (SSSR count). The second kappa shape index (κ2) is 34.1. The third kappa shape index (κ3) is 16.8. The van der Waals surface area contributed by atoms with E-state index >= 15 is 0 Å².